The van der Waals surface area contributed by atoms with Crippen molar-refractivity contribution < 1.29 is 15.3 Å². The lowest BCUT2D eigenvalue weighted by atomic mass is 10.0. The summed E-state index contributed by atoms with van der Waals surface area (Å²) in [6, 6.07) is 0. The van der Waals surface area contributed by atoms with Crippen molar-refractivity contribution in [1.82, 2.24) is 0 Å². The lowest BCUT2D eigenvalue weighted by Crippen LogP contribution is -2.50. The van der Waals surface area contributed by atoms with Gasteiger partial charge in [0.05, 0.1) is 6.54 Å². The molecule has 74 valence electrons. The van der Waals surface area contributed by atoms with Gasteiger partial charge >= 0.3 is 0 Å². The predicted octanol–water partition coefficient (Wildman–Crippen LogP) is -0.0334. The molecule has 0 heterocycles. The van der Waals surface area contributed by atoms with Crippen molar-refractivity contribution in [3.05, 3.63) is 0 Å². The summed E-state index contributed by atoms with van der Waals surface area (Å²) in [6.45, 7) is 2.52. The first-order valence-electron chi connectivity index (χ1n) is 4.57. The van der Waals surface area contributed by atoms with Gasteiger partial charge in [-0.05, 0) is 6.42 Å². The molecule has 0 aromatic rings. The molecule has 0 aromatic carbocycles. The standard InChI is InChI=1S/C9H16N2O2/c1-2-4-7(12)9(11)8(13)5-3-6-10/h11H,2-6,10H2,1H3/p+1. The first-order valence-corrected chi connectivity index (χ1v) is 4.57. The SMILES string of the molecule is CCCC(=O)C(=N)C(=O)CCC[NH3+]. The number of rotatable bonds is 7. The van der Waals surface area contributed by atoms with E-state index >= 15 is 0 Å². The molecule has 0 fully saturated rings. The van der Waals surface area contributed by atoms with Crippen LogP contribution in [0.4, 0.5) is 0 Å². The van der Waals surface area contributed by atoms with Gasteiger partial charge < -0.3 is 5.73 Å². The second-order valence-electron chi connectivity index (χ2n) is 2.93. The highest BCUT2D eigenvalue weighted by Crippen LogP contribution is 1.96. The van der Waals surface area contributed by atoms with Crippen molar-refractivity contribution >= 4 is 17.3 Å². The zero-order chi connectivity index (χ0) is 10.3. The molecule has 0 saturated heterocycles. The molecule has 0 rings (SSSR count). The lowest BCUT2D eigenvalue weighted by molar-refractivity contribution is -0.368. The minimum absolute atomic E-state index is 0.276. The summed E-state index contributed by atoms with van der Waals surface area (Å²) in [7, 11) is 0. The quantitative estimate of drug-likeness (QED) is 0.431. The van der Waals surface area contributed by atoms with E-state index in [2.05, 4.69) is 5.73 Å². The third-order valence-corrected chi connectivity index (χ3v) is 1.69. The first kappa shape index (κ1) is 12.0. The van der Waals surface area contributed by atoms with Gasteiger partial charge in [0.2, 0.25) is 0 Å². The van der Waals surface area contributed by atoms with E-state index in [0.717, 1.165) is 0 Å². The van der Waals surface area contributed by atoms with E-state index in [-0.39, 0.29) is 23.7 Å². The highest BCUT2D eigenvalue weighted by Gasteiger charge is 2.16. The fourth-order valence-corrected chi connectivity index (χ4v) is 0.918. The van der Waals surface area contributed by atoms with E-state index in [0.29, 0.717) is 25.8 Å². The largest absolute Gasteiger partial charge is 0.358 e. The van der Waals surface area contributed by atoms with Crippen LogP contribution in [0, 0.1) is 5.41 Å². The normalized spacial score (nSPS) is 9.69. The number of hydrogen-bond acceptors (Lipinski definition) is 3. The molecule has 13 heavy (non-hydrogen) atoms. The van der Waals surface area contributed by atoms with Crippen molar-refractivity contribution in [2.75, 3.05) is 6.54 Å². The van der Waals surface area contributed by atoms with Crippen LogP contribution in [0.5, 0.6) is 0 Å². The smallest absolute Gasteiger partial charge is 0.184 e. The van der Waals surface area contributed by atoms with E-state index in [1.165, 1.54) is 0 Å². The van der Waals surface area contributed by atoms with Crippen molar-refractivity contribution in [2.45, 2.75) is 32.6 Å². The Morgan fingerprint density at radius 1 is 1.23 bits per heavy atom. The van der Waals surface area contributed by atoms with Crippen LogP contribution in [0.1, 0.15) is 32.6 Å². The number of carbonyl (C=O) groups is 2. The van der Waals surface area contributed by atoms with Gasteiger partial charge in [0.15, 0.2) is 11.6 Å². The molecule has 0 atom stereocenters. The van der Waals surface area contributed by atoms with Crippen LogP contribution in [-0.2, 0) is 9.59 Å². The van der Waals surface area contributed by atoms with Crippen molar-refractivity contribution in [3.8, 4) is 0 Å². The van der Waals surface area contributed by atoms with Gasteiger partial charge in [0, 0.05) is 19.3 Å². The predicted molar refractivity (Wildman–Crippen MR) is 49.6 cm³/mol. The number of nitrogens with one attached hydrogen (secondary N) is 1. The Hall–Kier alpha value is -1.03. The molecule has 0 aliphatic heterocycles. The molecular weight excluding hydrogens is 168 g/mol. The van der Waals surface area contributed by atoms with Crippen LogP contribution in [0.15, 0.2) is 0 Å². The van der Waals surface area contributed by atoms with Crippen LogP contribution >= 0.6 is 0 Å². The zero-order valence-electron chi connectivity index (χ0n) is 8.06. The molecule has 0 aromatic heterocycles. The maximum absolute atomic E-state index is 11.1. The molecule has 4 heteroatoms. The van der Waals surface area contributed by atoms with Crippen LogP contribution in [-0.4, -0.2) is 23.8 Å². The van der Waals surface area contributed by atoms with Crippen molar-refractivity contribution in [1.29, 1.82) is 5.41 Å². The molecule has 0 unspecified atom stereocenters. The Labute approximate surface area is 78.0 Å². The number of carbonyl (C=O) groups excluding carboxylic acids is 2. The average Bonchev–Trinajstić information content (AvgIpc) is 2.13. The van der Waals surface area contributed by atoms with Gasteiger partial charge in [-0.25, -0.2) is 0 Å². The second kappa shape index (κ2) is 6.48. The Morgan fingerprint density at radius 3 is 2.23 bits per heavy atom. The molecule has 0 spiro atoms. The lowest BCUT2D eigenvalue weighted by Gasteiger charge is -1.99. The molecule has 0 radical (unpaired) electrons. The number of hydrogen-bond donors (Lipinski definition) is 2. The van der Waals surface area contributed by atoms with E-state index in [4.69, 9.17) is 5.41 Å². The summed E-state index contributed by atoms with van der Waals surface area (Å²) in [5.74, 6) is -0.682. The van der Waals surface area contributed by atoms with Crippen LogP contribution < -0.4 is 5.73 Å². The molecule has 0 bridgehead atoms. The Morgan fingerprint density at radius 2 is 1.77 bits per heavy atom. The van der Waals surface area contributed by atoms with Gasteiger partial charge in [-0.2, -0.15) is 0 Å². The molecule has 0 amide bonds. The van der Waals surface area contributed by atoms with E-state index in [1.54, 1.807) is 0 Å². The molecule has 4 N–H and O–H groups in total. The highest BCUT2D eigenvalue weighted by molar-refractivity contribution is 6.65. The molecule has 4 nitrogen and oxygen atoms in total. The summed E-state index contributed by atoms with van der Waals surface area (Å²) in [5.41, 5.74) is 3.25. The van der Waals surface area contributed by atoms with Gasteiger partial charge in [-0.1, -0.05) is 6.92 Å². The maximum Gasteiger partial charge on any atom is 0.184 e. The Kier molecular flexibility index (Phi) is 5.97. The number of Topliss-reactive ketones (excluding diaryl/α,β-unsaturated/α-hetero) is 2. The molecular formula is C9H17N2O2+. The maximum atomic E-state index is 11.1. The first-order chi connectivity index (χ1) is 6.13. The summed E-state index contributed by atoms with van der Waals surface area (Å²) in [4.78, 5) is 22.2. The van der Waals surface area contributed by atoms with Gasteiger partial charge in [0.1, 0.15) is 5.71 Å². The molecule has 0 saturated carbocycles. The monoisotopic (exact) mass is 185 g/mol. The summed E-state index contributed by atoms with van der Waals surface area (Å²) in [6.07, 6.45) is 1.91. The third kappa shape index (κ3) is 4.52. The Bertz CT molecular complexity index is 212. The van der Waals surface area contributed by atoms with Crippen LogP contribution in [0.25, 0.3) is 0 Å². The van der Waals surface area contributed by atoms with Crippen LogP contribution in [0.2, 0.25) is 0 Å². The second-order valence-corrected chi connectivity index (χ2v) is 2.93. The summed E-state index contributed by atoms with van der Waals surface area (Å²) >= 11 is 0. The van der Waals surface area contributed by atoms with Crippen LogP contribution in [0.3, 0.4) is 0 Å². The fraction of sp³-hybridized carbons (Fsp3) is 0.667. The minimum Gasteiger partial charge on any atom is -0.358 e. The van der Waals surface area contributed by atoms with E-state index < -0.39 is 0 Å². The van der Waals surface area contributed by atoms with Gasteiger partial charge in [-0.15, -0.1) is 0 Å². The Balaban J connectivity index is 3.95. The fourth-order valence-electron chi connectivity index (χ4n) is 0.918. The minimum atomic E-state index is -0.345. The third-order valence-electron chi connectivity index (χ3n) is 1.69. The molecule has 0 aliphatic rings. The van der Waals surface area contributed by atoms with Gasteiger partial charge in [0.25, 0.3) is 0 Å². The summed E-state index contributed by atoms with van der Waals surface area (Å²) in [5, 5.41) is 7.26. The molecule has 0 aliphatic carbocycles. The zero-order valence-corrected chi connectivity index (χ0v) is 8.06. The van der Waals surface area contributed by atoms with Crippen molar-refractivity contribution in [3.63, 3.8) is 0 Å². The number of quaternary nitrogens is 1. The topological polar surface area (TPSA) is 85.6 Å². The summed E-state index contributed by atoms with van der Waals surface area (Å²) < 4.78 is 0. The number of ketones is 2. The average molecular weight is 185 g/mol. The highest BCUT2D eigenvalue weighted by atomic mass is 16.1. The van der Waals surface area contributed by atoms with E-state index in [9.17, 15) is 9.59 Å². The van der Waals surface area contributed by atoms with Gasteiger partial charge in [-0.3, -0.25) is 15.0 Å². The van der Waals surface area contributed by atoms with E-state index in [1.807, 2.05) is 6.92 Å². The van der Waals surface area contributed by atoms with Crippen molar-refractivity contribution in [2.24, 2.45) is 0 Å².